The number of hydrogen-bond donors (Lipinski definition) is 1. The van der Waals surface area contributed by atoms with Crippen molar-refractivity contribution in [2.24, 2.45) is 0 Å². The number of ketones is 1. The van der Waals surface area contributed by atoms with Gasteiger partial charge < -0.3 is 14.7 Å². The molecule has 0 spiro atoms. The second kappa shape index (κ2) is 10.3. The third kappa shape index (κ3) is 4.81. The Kier molecular flexibility index (Phi) is 7.25. The summed E-state index contributed by atoms with van der Waals surface area (Å²) >= 11 is 12.4. The van der Waals surface area contributed by atoms with Gasteiger partial charge in [-0.3, -0.25) is 9.59 Å². The van der Waals surface area contributed by atoms with Gasteiger partial charge in [-0.05, 0) is 53.9 Å². The summed E-state index contributed by atoms with van der Waals surface area (Å²) in [5.74, 6) is -1.05. The van der Waals surface area contributed by atoms with E-state index in [0.717, 1.165) is 12.0 Å². The molecular weight excluding hydrogens is 473 g/mol. The number of Topliss-reactive ketones (excluding diaryl/α,β-unsaturated/α-hetero) is 1. The van der Waals surface area contributed by atoms with E-state index in [1.807, 2.05) is 37.3 Å². The Morgan fingerprint density at radius 1 is 0.971 bits per heavy atom. The zero-order chi connectivity index (χ0) is 24.2. The van der Waals surface area contributed by atoms with Crippen LogP contribution in [0.1, 0.15) is 36.1 Å². The van der Waals surface area contributed by atoms with Crippen molar-refractivity contribution in [3.8, 4) is 5.75 Å². The largest absolute Gasteiger partial charge is 0.507 e. The molecule has 3 aromatic carbocycles. The number of hydrogen-bond acceptors (Lipinski definition) is 4. The number of ether oxygens (including phenoxy) is 1. The van der Waals surface area contributed by atoms with Crippen LogP contribution in [0.3, 0.4) is 0 Å². The van der Waals surface area contributed by atoms with Crippen molar-refractivity contribution in [2.75, 3.05) is 6.61 Å². The molecule has 1 aliphatic rings. The van der Waals surface area contributed by atoms with E-state index in [1.54, 1.807) is 42.5 Å². The number of nitrogens with zero attached hydrogens (tertiary/aromatic N) is 1. The average molecular weight is 496 g/mol. The molecule has 4 rings (SSSR count). The summed E-state index contributed by atoms with van der Waals surface area (Å²) in [7, 11) is 0. The van der Waals surface area contributed by atoms with Gasteiger partial charge in [0.2, 0.25) is 0 Å². The van der Waals surface area contributed by atoms with Crippen LogP contribution in [0.25, 0.3) is 5.76 Å². The zero-order valence-corrected chi connectivity index (χ0v) is 20.0. The van der Waals surface area contributed by atoms with Crippen LogP contribution in [-0.4, -0.2) is 28.3 Å². The van der Waals surface area contributed by atoms with Gasteiger partial charge in [0.15, 0.2) is 0 Å². The molecule has 1 unspecified atom stereocenters. The van der Waals surface area contributed by atoms with Crippen LogP contribution in [-0.2, 0) is 16.1 Å². The van der Waals surface area contributed by atoms with Gasteiger partial charge in [-0.1, -0.05) is 66.5 Å². The summed E-state index contributed by atoms with van der Waals surface area (Å²) in [5.41, 5.74) is 1.84. The minimum Gasteiger partial charge on any atom is -0.507 e. The SMILES string of the molecule is CCCOc1ccc(C(O)=C2C(=O)C(=O)N(Cc3ccccc3)C2c2ccc(Cl)c(Cl)c2)cc1. The van der Waals surface area contributed by atoms with Crippen LogP contribution in [0.5, 0.6) is 5.75 Å². The van der Waals surface area contributed by atoms with Gasteiger partial charge in [-0.15, -0.1) is 0 Å². The lowest BCUT2D eigenvalue weighted by Gasteiger charge is -2.25. The van der Waals surface area contributed by atoms with Crippen LogP contribution in [0.4, 0.5) is 0 Å². The number of carbonyl (C=O) groups is 2. The predicted molar refractivity (Wildman–Crippen MR) is 133 cm³/mol. The first-order valence-corrected chi connectivity index (χ1v) is 11.7. The fourth-order valence-corrected chi connectivity index (χ4v) is 4.24. The topological polar surface area (TPSA) is 66.8 Å². The Balaban J connectivity index is 1.80. The molecule has 1 aliphatic heterocycles. The van der Waals surface area contributed by atoms with Gasteiger partial charge in [0.1, 0.15) is 11.5 Å². The zero-order valence-electron chi connectivity index (χ0n) is 18.5. The van der Waals surface area contributed by atoms with Crippen LogP contribution < -0.4 is 4.74 Å². The van der Waals surface area contributed by atoms with E-state index in [-0.39, 0.29) is 17.9 Å². The van der Waals surface area contributed by atoms with E-state index in [4.69, 9.17) is 27.9 Å². The summed E-state index contributed by atoms with van der Waals surface area (Å²) in [5, 5.41) is 11.8. The molecule has 1 saturated heterocycles. The number of aliphatic hydroxyl groups excluding tert-OH is 1. The van der Waals surface area contributed by atoms with Gasteiger partial charge in [-0.25, -0.2) is 0 Å². The lowest BCUT2D eigenvalue weighted by Crippen LogP contribution is -2.29. The number of aliphatic hydroxyl groups is 1. The Hall–Kier alpha value is -3.28. The number of benzene rings is 3. The Labute approximate surface area is 208 Å². The highest BCUT2D eigenvalue weighted by molar-refractivity contribution is 6.46. The highest BCUT2D eigenvalue weighted by atomic mass is 35.5. The molecule has 0 aromatic heterocycles. The second-order valence-corrected chi connectivity index (χ2v) is 8.77. The standard InChI is InChI=1S/C27H23Cl2NO4/c1-2-14-34-20-11-8-18(9-12-20)25(31)23-24(19-10-13-21(28)22(29)15-19)30(27(33)26(23)32)16-17-6-4-3-5-7-17/h3-13,15,24,31H,2,14,16H2,1H3. The van der Waals surface area contributed by atoms with E-state index < -0.39 is 17.7 Å². The van der Waals surface area contributed by atoms with Gasteiger partial charge >= 0.3 is 0 Å². The second-order valence-electron chi connectivity index (χ2n) is 7.96. The molecule has 7 heteroatoms. The van der Waals surface area contributed by atoms with E-state index in [9.17, 15) is 14.7 Å². The molecule has 1 fully saturated rings. The van der Waals surface area contributed by atoms with Gasteiger partial charge in [0, 0.05) is 12.1 Å². The number of likely N-dealkylation sites (tertiary alicyclic amines) is 1. The molecular formula is C27H23Cl2NO4. The van der Waals surface area contributed by atoms with Crippen LogP contribution in [0.15, 0.2) is 78.4 Å². The molecule has 1 N–H and O–H groups in total. The summed E-state index contributed by atoms with van der Waals surface area (Å²) in [6, 6.07) is 20.2. The first-order chi connectivity index (χ1) is 16.4. The van der Waals surface area contributed by atoms with Crippen molar-refractivity contribution in [3.05, 3.63) is 105 Å². The maximum Gasteiger partial charge on any atom is 0.295 e. The van der Waals surface area contributed by atoms with Gasteiger partial charge in [0.25, 0.3) is 11.7 Å². The lowest BCUT2D eigenvalue weighted by atomic mass is 9.95. The Bertz CT molecular complexity index is 1240. The number of carbonyl (C=O) groups excluding carboxylic acids is 2. The summed E-state index contributed by atoms with van der Waals surface area (Å²) in [4.78, 5) is 27.7. The fraction of sp³-hybridized carbons (Fsp3) is 0.185. The van der Waals surface area contributed by atoms with Crippen LogP contribution >= 0.6 is 23.2 Å². The molecule has 174 valence electrons. The molecule has 0 aliphatic carbocycles. The third-order valence-electron chi connectivity index (χ3n) is 5.60. The van der Waals surface area contributed by atoms with Crippen molar-refractivity contribution in [1.29, 1.82) is 0 Å². The minimum absolute atomic E-state index is 0.00143. The molecule has 3 aromatic rings. The van der Waals surface area contributed by atoms with Crippen molar-refractivity contribution in [3.63, 3.8) is 0 Å². The first-order valence-electron chi connectivity index (χ1n) is 10.9. The molecule has 5 nitrogen and oxygen atoms in total. The smallest absolute Gasteiger partial charge is 0.295 e. The molecule has 1 amide bonds. The number of halogens is 2. The van der Waals surface area contributed by atoms with Crippen molar-refractivity contribution in [1.82, 2.24) is 4.90 Å². The maximum atomic E-state index is 13.2. The quantitative estimate of drug-likeness (QED) is 0.233. The highest BCUT2D eigenvalue weighted by Crippen LogP contribution is 2.41. The van der Waals surface area contributed by atoms with E-state index in [1.165, 1.54) is 4.90 Å². The van der Waals surface area contributed by atoms with E-state index in [2.05, 4.69) is 0 Å². The highest BCUT2D eigenvalue weighted by Gasteiger charge is 2.46. The van der Waals surface area contributed by atoms with E-state index >= 15 is 0 Å². The molecule has 34 heavy (non-hydrogen) atoms. The predicted octanol–water partition coefficient (Wildman–Crippen LogP) is 6.40. The molecule has 1 atom stereocenters. The molecule has 0 radical (unpaired) electrons. The summed E-state index contributed by atoms with van der Waals surface area (Å²) in [6.45, 7) is 2.78. The normalized spacial score (nSPS) is 17.3. The summed E-state index contributed by atoms with van der Waals surface area (Å²) < 4.78 is 5.60. The number of amides is 1. The first kappa shape index (κ1) is 23.9. The molecule has 0 bridgehead atoms. The van der Waals surface area contributed by atoms with E-state index in [0.29, 0.717) is 33.5 Å². The van der Waals surface area contributed by atoms with Gasteiger partial charge in [-0.2, -0.15) is 0 Å². The maximum absolute atomic E-state index is 13.2. The average Bonchev–Trinajstić information content (AvgIpc) is 3.10. The fourth-order valence-electron chi connectivity index (χ4n) is 3.94. The lowest BCUT2D eigenvalue weighted by molar-refractivity contribution is -0.140. The third-order valence-corrected chi connectivity index (χ3v) is 6.33. The molecule has 1 heterocycles. The van der Waals surface area contributed by atoms with Crippen molar-refractivity contribution >= 4 is 40.7 Å². The monoisotopic (exact) mass is 495 g/mol. The summed E-state index contributed by atoms with van der Waals surface area (Å²) in [6.07, 6.45) is 0.871. The minimum atomic E-state index is -0.828. The Morgan fingerprint density at radius 3 is 2.32 bits per heavy atom. The van der Waals surface area contributed by atoms with Crippen molar-refractivity contribution in [2.45, 2.75) is 25.9 Å². The van der Waals surface area contributed by atoms with Crippen molar-refractivity contribution < 1.29 is 19.4 Å². The van der Waals surface area contributed by atoms with Crippen LogP contribution in [0.2, 0.25) is 10.0 Å². The van der Waals surface area contributed by atoms with Crippen LogP contribution in [0, 0.1) is 0 Å². The number of rotatable bonds is 7. The Morgan fingerprint density at radius 2 is 1.68 bits per heavy atom. The molecule has 0 saturated carbocycles. The van der Waals surface area contributed by atoms with Gasteiger partial charge in [0.05, 0.1) is 28.3 Å².